The van der Waals surface area contributed by atoms with Gasteiger partial charge in [-0.1, -0.05) is 11.6 Å². The van der Waals surface area contributed by atoms with Crippen molar-refractivity contribution in [1.82, 2.24) is 0 Å². The van der Waals surface area contributed by atoms with Gasteiger partial charge in [-0.25, -0.2) is 0 Å². The maximum absolute atomic E-state index is 14.0. The van der Waals surface area contributed by atoms with E-state index in [2.05, 4.69) is 5.32 Å². The van der Waals surface area contributed by atoms with E-state index in [9.17, 15) is 24.9 Å². The second kappa shape index (κ2) is 13.6. The zero-order valence-electron chi connectivity index (χ0n) is 26.5. The molecule has 11 nitrogen and oxygen atoms in total. The summed E-state index contributed by atoms with van der Waals surface area (Å²) < 4.78 is 17.0. The number of aliphatic hydroxyl groups excluding tert-OH is 4. The summed E-state index contributed by atoms with van der Waals surface area (Å²) >= 11 is 0. The molecule has 6 N–H and O–H groups in total. The number of aliphatic hydroxyl groups is 4. The van der Waals surface area contributed by atoms with E-state index in [-0.39, 0.29) is 49.6 Å². The normalized spacial score (nSPS) is 13.0. The predicted molar refractivity (Wildman–Crippen MR) is 181 cm³/mol. The third kappa shape index (κ3) is 5.33. The van der Waals surface area contributed by atoms with Gasteiger partial charge in [0.1, 0.15) is 11.5 Å². The Bertz CT molecular complexity index is 2120. The molecule has 6 rings (SSSR count). The molecule has 0 bridgehead atoms. The Morgan fingerprint density at radius 3 is 2.00 bits per heavy atom. The number of fused-ring (bicyclic) bond motifs is 1. The van der Waals surface area contributed by atoms with Crippen LogP contribution in [0.4, 0.5) is 5.69 Å². The van der Waals surface area contributed by atoms with E-state index < -0.39 is 18.6 Å². The van der Waals surface area contributed by atoms with Crippen LogP contribution in [0.1, 0.15) is 41.2 Å². The summed E-state index contributed by atoms with van der Waals surface area (Å²) in [5.41, 5.74) is 3.33. The van der Waals surface area contributed by atoms with Gasteiger partial charge in [0, 0.05) is 35.1 Å². The van der Waals surface area contributed by atoms with Crippen LogP contribution in [-0.4, -0.2) is 78.8 Å². The predicted octanol–water partition coefficient (Wildman–Crippen LogP) is 2.92. The number of phenols is 1. The smallest absolute Gasteiger partial charge is 0.190 e. The topological polar surface area (TPSA) is 175 Å². The molecule has 0 atom stereocenters. The van der Waals surface area contributed by atoms with Crippen molar-refractivity contribution in [2.24, 2.45) is 0 Å². The van der Waals surface area contributed by atoms with Gasteiger partial charge in [-0.05, 0) is 76.6 Å². The van der Waals surface area contributed by atoms with Crippen molar-refractivity contribution < 1.29 is 39.7 Å². The van der Waals surface area contributed by atoms with Gasteiger partial charge < -0.3 is 45.1 Å². The van der Waals surface area contributed by atoms with E-state index in [0.29, 0.717) is 104 Å². The first kappa shape index (κ1) is 32.8. The van der Waals surface area contributed by atoms with Crippen LogP contribution in [0.3, 0.4) is 0 Å². The molecule has 0 saturated carbocycles. The molecule has 1 aliphatic rings. The Balaban J connectivity index is 1.84. The minimum Gasteiger partial charge on any atom is -0.507 e. The molecule has 0 heterocycles. The first-order chi connectivity index (χ1) is 22.8. The highest BCUT2D eigenvalue weighted by Crippen LogP contribution is 2.53. The summed E-state index contributed by atoms with van der Waals surface area (Å²) in [7, 11) is 1.54. The van der Waals surface area contributed by atoms with Crippen LogP contribution in [-0.2, 0) is 35.5 Å². The molecular formula is C36H39NO10. The second-order valence-corrected chi connectivity index (χ2v) is 11.9. The molecule has 1 aliphatic carbocycles. The zero-order valence-corrected chi connectivity index (χ0v) is 26.5. The number of ether oxygens (including phenoxy) is 3. The fourth-order valence-electron chi connectivity index (χ4n) is 7.34. The van der Waals surface area contributed by atoms with E-state index in [4.69, 9.17) is 24.4 Å². The molecule has 5 aromatic rings. The molecule has 0 unspecified atom stereocenters. The second-order valence-electron chi connectivity index (χ2n) is 11.9. The van der Waals surface area contributed by atoms with E-state index in [1.807, 2.05) is 13.0 Å². The van der Waals surface area contributed by atoms with E-state index in [1.165, 1.54) is 19.2 Å². The van der Waals surface area contributed by atoms with Crippen molar-refractivity contribution in [2.75, 3.05) is 58.6 Å². The molecule has 0 aromatic heterocycles. The molecule has 0 radical (unpaired) electrons. The highest BCUT2D eigenvalue weighted by Gasteiger charge is 2.32. The quantitative estimate of drug-likeness (QED) is 0.0561. The number of rotatable bonds is 15. The Morgan fingerprint density at radius 1 is 0.766 bits per heavy atom. The number of nitrogens with one attached hydrogen (secondary N) is 1. The van der Waals surface area contributed by atoms with Crippen LogP contribution in [0.25, 0.3) is 49.2 Å². The van der Waals surface area contributed by atoms with E-state index in [0.717, 1.165) is 11.1 Å². The molecule has 0 amide bonds. The average Bonchev–Trinajstić information content (AvgIpc) is 3.21. The number of benzene rings is 5. The van der Waals surface area contributed by atoms with Gasteiger partial charge >= 0.3 is 0 Å². The molecule has 5 aromatic carbocycles. The summed E-state index contributed by atoms with van der Waals surface area (Å²) in [6, 6.07) is 2.70. The molecule has 0 spiro atoms. The van der Waals surface area contributed by atoms with Crippen LogP contribution < -0.4 is 20.9 Å². The summed E-state index contributed by atoms with van der Waals surface area (Å²) in [4.78, 5) is 27.8. The van der Waals surface area contributed by atoms with Gasteiger partial charge in [0.05, 0.1) is 69.8 Å². The third-order valence-electron chi connectivity index (χ3n) is 9.04. The minimum atomic E-state index is -0.480. The maximum Gasteiger partial charge on any atom is 0.190 e. The van der Waals surface area contributed by atoms with Gasteiger partial charge in [0.2, 0.25) is 0 Å². The number of hydrogen-bond acceptors (Lipinski definition) is 11. The van der Waals surface area contributed by atoms with Crippen molar-refractivity contribution in [1.29, 1.82) is 0 Å². The summed E-state index contributed by atoms with van der Waals surface area (Å²) in [5, 5.41) is 58.6. The van der Waals surface area contributed by atoms with E-state index in [1.54, 1.807) is 0 Å². The maximum atomic E-state index is 14.0. The SMILES string of the molecule is COc1c(NCCOCCO)c2c(=O)cc(CO)c3c4c(CO)cc(=O)c5c(O)c(CCCOCCO)c6c(c(c1CC(C)=C6)c23)c54. The van der Waals surface area contributed by atoms with Gasteiger partial charge in [0.15, 0.2) is 10.9 Å². The molecule has 0 aliphatic heterocycles. The summed E-state index contributed by atoms with van der Waals surface area (Å²) in [5.74, 6) is 0.308. The van der Waals surface area contributed by atoms with Crippen LogP contribution in [0, 0.1) is 0 Å². The fraction of sp³-hybridized carbons (Fsp3) is 0.389. The lowest BCUT2D eigenvalue weighted by molar-refractivity contribution is 0.0908. The Labute approximate surface area is 269 Å². The Morgan fingerprint density at radius 2 is 1.38 bits per heavy atom. The largest absolute Gasteiger partial charge is 0.507 e. The molecular weight excluding hydrogens is 606 g/mol. The van der Waals surface area contributed by atoms with Crippen molar-refractivity contribution in [3.05, 3.63) is 66.0 Å². The van der Waals surface area contributed by atoms with Crippen molar-refractivity contribution in [3.8, 4) is 11.5 Å². The number of allylic oxidation sites excluding steroid dienone is 1. The van der Waals surface area contributed by atoms with Crippen LogP contribution >= 0.6 is 0 Å². The standard InChI is InChI=1S/C36H39NO10/c1-18-12-22-21(4-3-8-46-10-6-38)35(44)31-25(43)15-20(17-41)27-26-19(16-40)14-24(42)30-32(26)29(28(22)33(27)31)23(13-18)36(45-2)34(30)37-5-9-47-11-7-39/h12,14-15,37-41,44H,3-11,13,16-17H2,1-2H3. The summed E-state index contributed by atoms with van der Waals surface area (Å²) in [6.45, 7) is 2.06. The van der Waals surface area contributed by atoms with Crippen molar-refractivity contribution in [2.45, 2.75) is 39.4 Å². The average molecular weight is 646 g/mol. The van der Waals surface area contributed by atoms with Gasteiger partial charge in [-0.15, -0.1) is 0 Å². The lowest BCUT2D eigenvalue weighted by Crippen LogP contribution is -2.16. The monoisotopic (exact) mass is 645 g/mol. The Kier molecular flexibility index (Phi) is 9.47. The first-order valence-electron chi connectivity index (χ1n) is 15.8. The van der Waals surface area contributed by atoms with E-state index >= 15 is 0 Å². The van der Waals surface area contributed by atoms with Crippen LogP contribution in [0.5, 0.6) is 11.5 Å². The summed E-state index contributed by atoms with van der Waals surface area (Å²) in [6.07, 6.45) is 3.31. The molecule has 11 heteroatoms. The Hall–Kier alpha value is -4.10. The molecule has 0 fully saturated rings. The third-order valence-corrected chi connectivity index (χ3v) is 9.04. The number of methoxy groups -OCH3 is 1. The van der Waals surface area contributed by atoms with Crippen LogP contribution in [0.15, 0.2) is 27.3 Å². The highest BCUT2D eigenvalue weighted by molar-refractivity contribution is 6.38. The molecule has 47 heavy (non-hydrogen) atoms. The minimum absolute atomic E-state index is 0.105. The zero-order chi connectivity index (χ0) is 33.4. The van der Waals surface area contributed by atoms with Crippen molar-refractivity contribution in [3.63, 3.8) is 0 Å². The molecule has 0 saturated heterocycles. The number of anilines is 1. The molecule has 248 valence electrons. The van der Waals surface area contributed by atoms with Gasteiger partial charge in [-0.3, -0.25) is 9.59 Å². The van der Waals surface area contributed by atoms with Gasteiger partial charge in [-0.2, -0.15) is 0 Å². The lowest BCUT2D eigenvalue weighted by Gasteiger charge is -2.25. The number of aromatic hydroxyl groups is 1. The first-order valence-corrected chi connectivity index (χ1v) is 15.8. The number of hydrogen-bond donors (Lipinski definition) is 6. The fourth-order valence-corrected chi connectivity index (χ4v) is 7.34. The van der Waals surface area contributed by atoms with Gasteiger partial charge in [0.25, 0.3) is 0 Å². The lowest BCUT2D eigenvalue weighted by atomic mass is 9.80. The van der Waals surface area contributed by atoms with Crippen LogP contribution in [0.2, 0.25) is 0 Å². The number of phenolic OH excluding ortho intramolecular Hbond substituents is 1. The highest BCUT2D eigenvalue weighted by atomic mass is 16.5. The van der Waals surface area contributed by atoms with Crippen molar-refractivity contribution >= 4 is 54.9 Å².